The molecule has 0 aliphatic rings. The predicted molar refractivity (Wildman–Crippen MR) is 70.1 cm³/mol. The summed E-state index contributed by atoms with van der Waals surface area (Å²) in [6.45, 7) is 2.34. The van der Waals surface area contributed by atoms with E-state index in [0.717, 1.165) is 11.3 Å². The highest BCUT2D eigenvalue weighted by atomic mass is 19.1. The molecule has 2 rings (SSSR count). The zero-order valence-corrected chi connectivity index (χ0v) is 10.4. The minimum atomic E-state index is -0.194. The van der Waals surface area contributed by atoms with Crippen molar-refractivity contribution in [2.75, 3.05) is 5.32 Å². The van der Waals surface area contributed by atoms with Crippen LogP contribution in [0.25, 0.3) is 0 Å². The van der Waals surface area contributed by atoms with Crippen LogP contribution in [-0.4, -0.2) is 4.57 Å². The third-order valence-corrected chi connectivity index (χ3v) is 2.80. The Balaban J connectivity index is 2.09. The van der Waals surface area contributed by atoms with Gasteiger partial charge in [-0.2, -0.15) is 0 Å². The number of rotatable bonds is 3. The summed E-state index contributed by atoms with van der Waals surface area (Å²) >= 11 is 0. The van der Waals surface area contributed by atoms with Crippen molar-refractivity contribution in [2.45, 2.75) is 13.5 Å². The molecule has 1 heterocycles. The van der Waals surface area contributed by atoms with Crippen LogP contribution in [0.5, 0.6) is 0 Å². The van der Waals surface area contributed by atoms with Crippen molar-refractivity contribution in [3.63, 3.8) is 0 Å². The second-order valence-corrected chi connectivity index (χ2v) is 4.30. The van der Waals surface area contributed by atoms with Crippen LogP contribution in [0.15, 0.2) is 41.3 Å². The van der Waals surface area contributed by atoms with E-state index in [1.54, 1.807) is 32.3 Å². The Labute approximate surface area is 105 Å². The van der Waals surface area contributed by atoms with Crippen molar-refractivity contribution >= 4 is 5.69 Å². The number of nitrogens with zero attached hydrogens (tertiary/aromatic N) is 1. The van der Waals surface area contributed by atoms with Crippen molar-refractivity contribution in [3.05, 3.63) is 63.8 Å². The van der Waals surface area contributed by atoms with E-state index in [9.17, 15) is 9.18 Å². The molecular weight excluding hydrogens is 231 g/mol. The molecule has 0 bridgehead atoms. The minimum absolute atomic E-state index is 0.0434. The van der Waals surface area contributed by atoms with Crippen LogP contribution >= 0.6 is 0 Å². The number of aromatic nitrogens is 1. The minimum Gasteiger partial charge on any atom is -0.380 e. The molecule has 0 radical (unpaired) electrons. The van der Waals surface area contributed by atoms with Crippen LogP contribution in [0.3, 0.4) is 0 Å². The van der Waals surface area contributed by atoms with E-state index in [1.165, 1.54) is 16.7 Å². The van der Waals surface area contributed by atoms with Gasteiger partial charge in [-0.25, -0.2) is 4.39 Å². The molecule has 0 unspecified atom stereocenters. The average molecular weight is 246 g/mol. The first-order valence-electron chi connectivity index (χ1n) is 5.72. The predicted octanol–water partition coefficient (Wildman–Crippen LogP) is 2.44. The lowest BCUT2D eigenvalue weighted by molar-refractivity contribution is 0.617. The molecule has 0 aliphatic heterocycles. The molecule has 4 heteroatoms. The molecule has 1 aromatic carbocycles. The van der Waals surface area contributed by atoms with Crippen molar-refractivity contribution in [2.24, 2.45) is 7.05 Å². The molecule has 3 nitrogen and oxygen atoms in total. The van der Waals surface area contributed by atoms with Gasteiger partial charge in [-0.3, -0.25) is 4.79 Å². The molecule has 94 valence electrons. The van der Waals surface area contributed by atoms with Gasteiger partial charge in [-0.1, -0.05) is 12.1 Å². The largest absolute Gasteiger partial charge is 0.380 e. The number of halogens is 1. The zero-order valence-electron chi connectivity index (χ0n) is 10.4. The summed E-state index contributed by atoms with van der Waals surface area (Å²) in [6.07, 6.45) is 1.73. The lowest BCUT2D eigenvalue weighted by Gasteiger charge is -2.08. The Bertz CT molecular complexity index is 619. The first-order valence-corrected chi connectivity index (χ1v) is 5.72. The number of nitrogens with one attached hydrogen (secondary N) is 1. The maximum atomic E-state index is 13.1. The Hall–Kier alpha value is -2.10. The Morgan fingerprint density at radius 2 is 2.06 bits per heavy atom. The second-order valence-electron chi connectivity index (χ2n) is 4.30. The fourth-order valence-corrected chi connectivity index (χ4v) is 1.72. The first kappa shape index (κ1) is 12.4. The monoisotopic (exact) mass is 246 g/mol. The zero-order chi connectivity index (χ0) is 13.1. The first-order chi connectivity index (χ1) is 8.56. The van der Waals surface area contributed by atoms with E-state index >= 15 is 0 Å². The maximum absolute atomic E-state index is 13.1. The molecule has 0 fully saturated rings. The number of aryl methyl sites for hydroxylation is 2. The summed E-state index contributed by atoms with van der Waals surface area (Å²) in [6, 6.07) is 8.27. The van der Waals surface area contributed by atoms with Gasteiger partial charge in [0.1, 0.15) is 5.82 Å². The quantitative estimate of drug-likeness (QED) is 0.902. The van der Waals surface area contributed by atoms with Gasteiger partial charge in [-0.15, -0.1) is 0 Å². The van der Waals surface area contributed by atoms with Crippen LogP contribution in [0, 0.1) is 12.7 Å². The highest BCUT2D eigenvalue weighted by molar-refractivity contribution is 5.41. The Morgan fingerprint density at radius 3 is 2.72 bits per heavy atom. The number of pyridine rings is 1. The third-order valence-electron chi connectivity index (χ3n) is 2.80. The molecule has 1 aromatic heterocycles. The van der Waals surface area contributed by atoms with Gasteiger partial charge in [-0.05, 0) is 30.2 Å². The molecular formula is C14H15FN2O. The second kappa shape index (κ2) is 5.04. The molecule has 0 amide bonds. The van der Waals surface area contributed by atoms with Gasteiger partial charge in [0.25, 0.3) is 0 Å². The number of hydrogen-bond acceptors (Lipinski definition) is 2. The molecule has 0 atom stereocenters. The summed E-state index contributed by atoms with van der Waals surface area (Å²) in [5.41, 5.74) is 2.45. The van der Waals surface area contributed by atoms with Crippen LogP contribution in [0.2, 0.25) is 0 Å². The van der Waals surface area contributed by atoms with Crippen molar-refractivity contribution in [1.82, 2.24) is 4.57 Å². The summed E-state index contributed by atoms with van der Waals surface area (Å²) in [5.74, 6) is -0.194. The van der Waals surface area contributed by atoms with Gasteiger partial charge < -0.3 is 9.88 Å². The molecule has 0 saturated carbocycles. The fraction of sp³-hybridized carbons (Fsp3) is 0.214. The van der Waals surface area contributed by atoms with E-state index in [1.807, 2.05) is 6.07 Å². The van der Waals surface area contributed by atoms with E-state index in [0.29, 0.717) is 12.1 Å². The molecule has 0 saturated heterocycles. The fourth-order valence-electron chi connectivity index (χ4n) is 1.72. The van der Waals surface area contributed by atoms with Crippen LogP contribution in [-0.2, 0) is 13.6 Å². The molecule has 0 spiro atoms. The van der Waals surface area contributed by atoms with E-state index in [-0.39, 0.29) is 11.4 Å². The topological polar surface area (TPSA) is 34.0 Å². The number of anilines is 1. The molecule has 2 aromatic rings. The SMILES string of the molecule is Cc1cc(CNc2ccc(=O)n(C)c2)ccc1F. The number of hydrogen-bond donors (Lipinski definition) is 1. The van der Waals surface area contributed by atoms with E-state index < -0.39 is 0 Å². The van der Waals surface area contributed by atoms with Crippen LogP contribution in [0.1, 0.15) is 11.1 Å². The summed E-state index contributed by atoms with van der Waals surface area (Å²) in [5, 5.41) is 3.19. The van der Waals surface area contributed by atoms with Crippen molar-refractivity contribution in [1.29, 1.82) is 0 Å². The van der Waals surface area contributed by atoms with E-state index in [4.69, 9.17) is 0 Å². The van der Waals surface area contributed by atoms with Crippen LogP contribution in [0.4, 0.5) is 10.1 Å². The summed E-state index contributed by atoms with van der Waals surface area (Å²) in [4.78, 5) is 11.2. The average Bonchev–Trinajstić information content (AvgIpc) is 2.35. The number of benzene rings is 1. The lowest BCUT2D eigenvalue weighted by Crippen LogP contribution is -2.15. The van der Waals surface area contributed by atoms with Gasteiger partial charge in [0, 0.05) is 25.9 Å². The lowest BCUT2D eigenvalue weighted by atomic mass is 10.1. The maximum Gasteiger partial charge on any atom is 0.250 e. The Morgan fingerprint density at radius 1 is 1.28 bits per heavy atom. The van der Waals surface area contributed by atoms with Crippen molar-refractivity contribution < 1.29 is 4.39 Å². The normalized spacial score (nSPS) is 10.4. The molecule has 1 N–H and O–H groups in total. The third kappa shape index (κ3) is 2.77. The Kier molecular flexibility index (Phi) is 3.46. The van der Waals surface area contributed by atoms with E-state index in [2.05, 4.69) is 5.32 Å². The molecule has 18 heavy (non-hydrogen) atoms. The highest BCUT2D eigenvalue weighted by Gasteiger charge is 2.00. The van der Waals surface area contributed by atoms with Gasteiger partial charge >= 0.3 is 0 Å². The van der Waals surface area contributed by atoms with Gasteiger partial charge in [0.15, 0.2) is 0 Å². The highest BCUT2D eigenvalue weighted by Crippen LogP contribution is 2.11. The van der Waals surface area contributed by atoms with Gasteiger partial charge in [0.2, 0.25) is 5.56 Å². The summed E-state index contributed by atoms with van der Waals surface area (Å²) < 4.78 is 14.6. The van der Waals surface area contributed by atoms with Crippen molar-refractivity contribution in [3.8, 4) is 0 Å². The standard InChI is InChI=1S/C14H15FN2O/c1-10-7-11(3-5-13(10)15)8-16-12-4-6-14(18)17(2)9-12/h3-7,9,16H,8H2,1-2H3. The molecule has 0 aliphatic carbocycles. The summed E-state index contributed by atoms with van der Waals surface area (Å²) in [7, 11) is 1.70. The van der Waals surface area contributed by atoms with Gasteiger partial charge in [0.05, 0.1) is 5.69 Å². The van der Waals surface area contributed by atoms with Crippen LogP contribution < -0.4 is 10.9 Å². The smallest absolute Gasteiger partial charge is 0.250 e.